The fraction of sp³-hybridized carbons (Fsp3) is 0.318. The first-order valence-electron chi connectivity index (χ1n) is 9.45. The minimum Gasteiger partial charge on any atom is -0.489 e. The molecule has 4 aliphatic heterocycles. The van der Waals surface area contributed by atoms with Gasteiger partial charge in [-0.25, -0.2) is 0 Å². The van der Waals surface area contributed by atoms with E-state index in [2.05, 4.69) is 6.58 Å². The third kappa shape index (κ3) is 2.08. The zero-order valence-corrected chi connectivity index (χ0v) is 15.7. The average Bonchev–Trinajstić information content (AvgIpc) is 3.34. The summed E-state index contributed by atoms with van der Waals surface area (Å²) in [4.78, 5) is 13.5. The van der Waals surface area contributed by atoms with Crippen LogP contribution in [0.25, 0.3) is 0 Å². The lowest BCUT2D eigenvalue weighted by atomic mass is 9.77. The number of hydrogen-bond donors (Lipinski definition) is 1. The van der Waals surface area contributed by atoms with Crippen molar-refractivity contribution in [3.63, 3.8) is 0 Å². The van der Waals surface area contributed by atoms with Crippen molar-refractivity contribution in [2.24, 2.45) is 0 Å². The molecule has 0 fully saturated rings. The topological polar surface area (TPSA) is 83.5 Å². The number of Topliss-reactive ketones (excluding diaryl/α,β-unsaturated/α-hetero) is 1. The van der Waals surface area contributed by atoms with Gasteiger partial charge in [0.1, 0.15) is 30.0 Å². The summed E-state index contributed by atoms with van der Waals surface area (Å²) >= 11 is 0. The smallest absolute Gasteiger partial charge is 0.231 e. The Kier molecular flexibility index (Phi) is 3.14. The van der Waals surface area contributed by atoms with Gasteiger partial charge in [0.15, 0.2) is 23.2 Å². The maximum atomic E-state index is 13.5. The molecule has 7 nitrogen and oxygen atoms in total. The third-order valence-corrected chi connectivity index (χ3v) is 6.02. The Labute approximate surface area is 166 Å². The molecule has 0 aliphatic carbocycles. The normalized spacial score (nSPS) is 27.6. The van der Waals surface area contributed by atoms with Gasteiger partial charge in [-0.3, -0.25) is 4.79 Å². The van der Waals surface area contributed by atoms with Crippen LogP contribution in [-0.4, -0.2) is 36.5 Å². The molecule has 148 valence electrons. The summed E-state index contributed by atoms with van der Waals surface area (Å²) in [5, 5.41) is 11.6. The first kappa shape index (κ1) is 16.7. The van der Waals surface area contributed by atoms with E-state index in [0.717, 1.165) is 11.1 Å². The number of rotatable bonds is 1. The Morgan fingerprint density at radius 1 is 1.10 bits per heavy atom. The number of carbonyl (C=O) groups is 1. The van der Waals surface area contributed by atoms with Crippen LogP contribution < -0.4 is 23.7 Å². The molecule has 0 spiro atoms. The number of carbonyl (C=O) groups excluding carboxylic acids is 1. The van der Waals surface area contributed by atoms with E-state index >= 15 is 0 Å². The van der Waals surface area contributed by atoms with Crippen LogP contribution in [0.2, 0.25) is 0 Å². The van der Waals surface area contributed by atoms with Gasteiger partial charge in [0.25, 0.3) is 0 Å². The fourth-order valence-corrected chi connectivity index (χ4v) is 4.42. The van der Waals surface area contributed by atoms with Gasteiger partial charge in [-0.15, -0.1) is 0 Å². The molecule has 2 aromatic rings. The quantitative estimate of drug-likeness (QED) is 0.744. The van der Waals surface area contributed by atoms with E-state index in [1.54, 1.807) is 24.3 Å². The van der Waals surface area contributed by atoms with Crippen molar-refractivity contribution in [2.45, 2.75) is 31.2 Å². The van der Waals surface area contributed by atoms with Gasteiger partial charge >= 0.3 is 0 Å². The van der Waals surface area contributed by atoms with Crippen molar-refractivity contribution in [3.05, 3.63) is 53.1 Å². The Morgan fingerprint density at radius 2 is 1.90 bits per heavy atom. The van der Waals surface area contributed by atoms with Crippen molar-refractivity contribution in [2.75, 3.05) is 13.4 Å². The molecule has 4 heterocycles. The first-order chi connectivity index (χ1) is 14.0. The second-order valence-electron chi connectivity index (χ2n) is 7.79. The monoisotopic (exact) mass is 394 g/mol. The summed E-state index contributed by atoms with van der Waals surface area (Å²) in [5.74, 6) is 2.09. The van der Waals surface area contributed by atoms with Crippen LogP contribution >= 0.6 is 0 Å². The molecule has 4 aliphatic rings. The Balaban J connectivity index is 1.48. The molecular formula is C22H18O7. The second-order valence-corrected chi connectivity index (χ2v) is 7.79. The van der Waals surface area contributed by atoms with Gasteiger partial charge in [-0.05, 0) is 30.7 Å². The largest absolute Gasteiger partial charge is 0.489 e. The lowest BCUT2D eigenvalue weighted by molar-refractivity contribution is -0.0801. The highest BCUT2D eigenvalue weighted by atomic mass is 16.7. The summed E-state index contributed by atoms with van der Waals surface area (Å²) in [6, 6.07) is 6.64. The molecule has 0 amide bonds. The summed E-state index contributed by atoms with van der Waals surface area (Å²) in [6.07, 6.45) is -0.465. The maximum absolute atomic E-state index is 13.5. The van der Waals surface area contributed by atoms with E-state index in [9.17, 15) is 9.90 Å². The Bertz CT molecular complexity index is 1100. The number of fused-ring (bicyclic) bond motifs is 7. The molecule has 1 N–H and O–H groups in total. The Hall–Kier alpha value is -3.19. The van der Waals surface area contributed by atoms with Crippen molar-refractivity contribution >= 4 is 5.78 Å². The van der Waals surface area contributed by atoms with Crippen LogP contribution in [0.5, 0.6) is 28.7 Å². The zero-order valence-electron chi connectivity index (χ0n) is 15.7. The highest BCUT2D eigenvalue weighted by Crippen LogP contribution is 2.52. The van der Waals surface area contributed by atoms with Gasteiger partial charge in [0.2, 0.25) is 12.6 Å². The SMILES string of the molecule is C=C(C)[C@@H]1Cc2c(ccc3c2O[C@@H]2COc4cc5c(cc4[C@]2(O)C3=O)OCO5)O1. The van der Waals surface area contributed by atoms with Crippen LogP contribution in [-0.2, 0) is 12.0 Å². The predicted molar refractivity (Wildman–Crippen MR) is 100 cm³/mol. The second kappa shape index (κ2) is 5.45. The molecule has 3 atom stereocenters. The molecular weight excluding hydrogens is 376 g/mol. The van der Waals surface area contributed by atoms with Crippen LogP contribution in [0.15, 0.2) is 36.4 Å². The number of ether oxygens (including phenoxy) is 5. The molecule has 29 heavy (non-hydrogen) atoms. The van der Waals surface area contributed by atoms with Crippen molar-refractivity contribution in [3.8, 4) is 28.7 Å². The van der Waals surface area contributed by atoms with Crippen LogP contribution in [0.1, 0.15) is 28.4 Å². The summed E-state index contributed by atoms with van der Waals surface area (Å²) < 4.78 is 28.7. The highest BCUT2D eigenvalue weighted by molar-refractivity contribution is 6.07. The van der Waals surface area contributed by atoms with E-state index in [1.165, 1.54) is 0 Å². The number of benzene rings is 2. The van der Waals surface area contributed by atoms with E-state index in [0.29, 0.717) is 46.3 Å². The van der Waals surface area contributed by atoms with Crippen LogP contribution in [0.4, 0.5) is 0 Å². The number of ketones is 1. The zero-order chi connectivity index (χ0) is 19.9. The van der Waals surface area contributed by atoms with Crippen molar-refractivity contribution in [1.82, 2.24) is 0 Å². The standard InChI is InChI=1S/C22H18O7/c1-10(2)15-5-12-14(28-15)4-3-11-20(12)29-19-8-25-16-7-18-17(26-9-27-18)6-13(16)22(19,24)21(11)23/h3-4,6-7,15,19,24H,1,5,8-9H2,2H3/t15-,19+,22+/m0/s1. The van der Waals surface area contributed by atoms with Gasteiger partial charge in [-0.2, -0.15) is 0 Å². The molecule has 0 bridgehead atoms. The van der Waals surface area contributed by atoms with Crippen LogP contribution in [0.3, 0.4) is 0 Å². The van der Waals surface area contributed by atoms with Crippen molar-refractivity contribution in [1.29, 1.82) is 0 Å². The van der Waals surface area contributed by atoms with Gasteiger partial charge in [-0.1, -0.05) is 6.58 Å². The van der Waals surface area contributed by atoms with Gasteiger partial charge < -0.3 is 28.8 Å². The number of aliphatic hydroxyl groups is 1. The van der Waals surface area contributed by atoms with E-state index in [1.807, 2.05) is 6.92 Å². The molecule has 0 saturated carbocycles. The number of hydrogen-bond acceptors (Lipinski definition) is 7. The molecule has 0 saturated heterocycles. The van der Waals surface area contributed by atoms with Crippen molar-refractivity contribution < 1.29 is 33.6 Å². The maximum Gasteiger partial charge on any atom is 0.231 e. The minimum atomic E-state index is -1.87. The van der Waals surface area contributed by atoms with E-state index in [4.69, 9.17) is 23.7 Å². The fourth-order valence-electron chi connectivity index (χ4n) is 4.42. The highest BCUT2D eigenvalue weighted by Gasteiger charge is 2.57. The Morgan fingerprint density at radius 3 is 2.69 bits per heavy atom. The van der Waals surface area contributed by atoms with Gasteiger partial charge in [0, 0.05) is 23.6 Å². The predicted octanol–water partition coefficient (Wildman–Crippen LogP) is 2.52. The van der Waals surface area contributed by atoms with E-state index in [-0.39, 0.29) is 19.5 Å². The molecule has 6 rings (SSSR count). The van der Waals surface area contributed by atoms with Crippen LogP contribution in [0, 0.1) is 0 Å². The molecule has 0 unspecified atom stereocenters. The summed E-state index contributed by atoms with van der Waals surface area (Å²) in [5.41, 5.74) is 0.509. The molecule has 2 aromatic carbocycles. The summed E-state index contributed by atoms with van der Waals surface area (Å²) in [7, 11) is 0. The lowest BCUT2D eigenvalue weighted by Crippen LogP contribution is -2.57. The summed E-state index contributed by atoms with van der Waals surface area (Å²) in [6.45, 7) is 5.99. The van der Waals surface area contributed by atoms with Gasteiger partial charge in [0.05, 0.1) is 5.56 Å². The lowest BCUT2D eigenvalue weighted by Gasteiger charge is -2.43. The molecule has 0 aromatic heterocycles. The minimum absolute atomic E-state index is 0.0305. The van der Waals surface area contributed by atoms with E-state index < -0.39 is 17.5 Å². The first-order valence-corrected chi connectivity index (χ1v) is 9.45. The molecule has 7 heteroatoms. The third-order valence-electron chi connectivity index (χ3n) is 6.02. The average molecular weight is 394 g/mol. The molecule has 0 radical (unpaired) electrons.